The molecule has 0 aliphatic rings. The molecule has 0 saturated heterocycles. The summed E-state index contributed by atoms with van der Waals surface area (Å²) >= 11 is 0. The largest absolute Gasteiger partial charge is 0.494 e. The topological polar surface area (TPSA) is 94.7 Å². The first kappa shape index (κ1) is 22.2. The van der Waals surface area contributed by atoms with E-state index in [2.05, 4.69) is 4.98 Å². The van der Waals surface area contributed by atoms with Crippen LogP contribution >= 0.6 is 0 Å². The summed E-state index contributed by atoms with van der Waals surface area (Å²) in [6, 6.07) is 7.50. The minimum Gasteiger partial charge on any atom is -0.494 e. The number of carbonyl (C=O) groups excluding carboxylic acids is 3. The van der Waals surface area contributed by atoms with Crippen molar-refractivity contribution in [2.24, 2.45) is 0 Å². The number of hydrogen-bond donors (Lipinski definition) is 1. The summed E-state index contributed by atoms with van der Waals surface area (Å²) in [7, 11) is 1.28. The molecule has 0 bridgehead atoms. The highest BCUT2D eigenvalue weighted by atomic mass is 16.5. The first-order valence-corrected chi connectivity index (χ1v) is 9.51. The second-order valence-corrected chi connectivity index (χ2v) is 6.65. The number of aryl methyl sites for hydroxylation is 2. The van der Waals surface area contributed by atoms with Crippen molar-refractivity contribution in [2.75, 3.05) is 13.7 Å². The highest BCUT2D eigenvalue weighted by Gasteiger charge is 2.27. The summed E-state index contributed by atoms with van der Waals surface area (Å²) in [5.74, 6) is -0.664. The number of nitrogens with one attached hydrogen (secondary N) is 1. The van der Waals surface area contributed by atoms with E-state index in [1.165, 1.54) is 14.0 Å². The molecule has 7 nitrogen and oxygen atoms in total. The fourth-order valence-corrected chi connectivity index (χ4v) is 3.16. The molecule has 0 amide bonds. The van der Waals surface area contributed by atoms with E-state index in [9.17, 15) is 14.4 Å². The van der Waals surface area contributed by atoms with Crippen LogP contribution < -0.4 is 4.74 Å². The summed E-state index contributed by atoms with van der Waals surface area (Å²) in [5, 5.41) is 0. The van der Waals surface area contributed by atoms with Gasteiger partial charge in [-0.15, -0.1) is 0 Å². The molecule has 0 saturated carbocycles. The van der Waals surface area contributed by atoms with Gasteiger partial charge in [-0.05, 0) is 51.3 Å². The van der Waals surface area contributed by atoms with E-state index in [1.54, 1.807) is 13.8 Å². The Morgan fingerprint density at radius 2 is 1.83 bits per heavy atom. The summed E-state index contributed by atoms with van der Waals surface area (Å²) in [6.45, 7) is 7.29. The van der Waals surface area contributed by atoms with Gasteiger partial charge in [0, 0.05) is 12.1 Å². The fourth-order valence-electron chi connectivity index (χ4n) is 3.16. The van der Waals surface area contributed by atoms with Gasteiger partial charge in [-0.3, -0.25) is 9.59 Å². The molecule has 29 heavy (non-hydrogen) atoms. The Labute approximate surface area is 170 Å². The number of carbonyl (C=O) groups is 3. The lowest BCUT2D eigenvalue weighted by Crippen LogP contribution is -2.25. The number of aromatic amines is 1. The molecule has 7 heteroatoms. The van der Waals surface area contributed by atoms with Crippen LogP contribution in [-0.4, -0.2) is 42.5 Å². The lowest BCUT2D eigenvalue weighted by atomic mass is 10.1. The van der Waals surface area contributed by atoms with E-state index in [0.29, 0.717) is 29.8 Å². The van der Waals surface area contributed by atoms with E-state index in [0.717, 1.165) is 11.3 Å². The van der Waals surface area contributed by atoms with Crippen molar-refractivity contribution >= 4 is 17.7 Å². The third kappa shape index (κ3) is 5.25. The average Bonchev–Trinajstić information content (AvgIpc) is 3.00. The molecular weight excluding hydrogens is 374 g/mol. The summed E-state index contributed by atoms with van der Waals surface area (Å²) in [5.41, 5.74) is 2.48. The maximum absolute atomic E-state index is 12.7. The average molecular weight is 401 g/mol. The zero-order chi connectivity index (χ0) is 21.6. The van der Waals surface area contributed by atoms with Crippen LogP contribution in [0.1, 0.15) is 57.9 Å². The maximum atomic E-state index is 12.7. The lowest BCUT2D eigenvalue weighted by Gasteiger charge is -2.13. The Morgan fingerprint density at radius 3 is 2.48 bits per heavy atom. The fraction of sp³-hybridized carbons (Fsp3) is 0.409. The lowest BCUT2D eigenvalue weighted by molar-refractivity contribution is -0.146. The van der Waals surface area contributed by atoms with Crippen LogP contribution in [0.5, 0.6) is 5.75 Å². The van der Waals surface area contributed by atoms with Crippen molar-refractivity contribution < 1.29 is 28.6 Å². The number of hydrogen-bond acceptors (Lipinski definition) is 6. The van der Waals surface area contributed by atoms with Crippen molar-refractivity contribution in [1.29, 1.82) is 0 Å². The number of methoxy groups -OCH3 is 1. The summed E-state index contributed by atoms with van der Waals surface area (Å²) in [4.78, 5) is 39.7. The van der Waals surface area contributed by atoms with Crippen molar-refractivity contribution in [2.45, 2.75) is 46.6 Å². The minimum absolute atomic E-state index is 0.123. The number of ketones is 1. The van der Waals surface area contributed by atoms with Gasteiger partial charge in [0.25, 0.3) is 0 Å². The molecule has 0 aliphatic heterocycles. The second kappa shape index (κ2) is 9.91. The van der Waals surface area contributed by atoms with E-state index in [-0.39, 0.29) is 12.1 Å². The van der Waals surface area contributed by atoms with Crippen LogP contribution in [0.2, 0.25) is 0 Å². The zero-order valence-corrected chi connectivity index (χ0v) is 17.5. The predicted molar refractivity (Wildman–Crippen MR) is 107 cm³/mol. The van der Waals surface area contributed by atoms with Crippen molar-refractivity contribution in [3.63, 3.8) is 0 Å². The van der Waals surface area contributed by atoms with Gasteiger partial charge >= 0.3 is 11.9 Å². The minimum atomic E-state index is -0.980. The Hall–Kier alpha value is -3.09. The molecule has 0 aliphatic carbocycles. The normalized spacial score (nSPS) is 11.6. The van der Waals surface area contributed by atoms with Crippen LogP contribution in [-0.2, 0) is 20.7 Å². The summed E-state index contributed by atoms with van der Waals surface area (Å²) in [6.07, 6.45) is -0.409. The number of esters is 2. The highest BCUT2D eigenvalue weighted by Crippen LogP contribution is 2.22. The number of benzene rings is 1. The monoisotopic (exact) mass is 401 g/mol. The van der Waals surface area contributed by atoms with Crippen LogP contribution in [0, 0.1) is 13.8 Å². The van der Waals surface area contributed by atoms with E-state index < -0.39 is 23.8 Å². The van der Waals surface area contributed by atoms with Gasteiger partial charge in [0.05, 0.1) is 25.0 Å². The number of ether oxygens (including phenoxy) is 3. The third-order valence-corrected chi connectivity index (χ3v) is 4.62. The van der Waals surface area contributed by atoms with Gasteiger partial charge < -0.3 is 19.2 Å². The molecule has 1 heterocycles. The van der Waals surface area contributed by atoms with E-state index in [1.807, 2.05) is 31.2 Å². The van der Waals surface area contributed by atoms with Crippen molar-refractivity contribution in [3.05, 3.63) is 52.3 Å². The number of Topliss-reactive ketones (excluding diaryl/α,β-unsaturated/α-hetero) is 1. The smallest absolute Gasteiger partial charge is 0.339 e. The Morgan fingerprint density at radius 1 is 1.14 bits per heavy atom. The van der Waals surface area contributed by atoms with E-state index in [4.69, 9.17) is 14.2 Å². The predicted octanol–water partition coefficient (Wildman–Crippen LogP) is 3.56. The number of H-pyrrole nitrogens is 1. The maximum Gasteiger partial charge on any atom is 0.339 e. The first-order valence-electron chi connectivity index (χ1n) is 9.51. The second-order valence-electron chi connectivity index (χ2n) is 6.65. The van der Waals surface area contributed by atoms with Gasteiger partial charge in [0.1, 0.15) is 5.75 Å². The third-order valence-electron chi connectivity index (χ3n) is 4.62. The molecule has 0 unspecified atom stereocenters. The molecule has 2 aromatic rings. The molecule has 156 valence electrons. The van der Waals surface area contributed by atoms with E-state index >= 15 is 0 Å². The SMILES string of the molecule is CCOc1ccccc1CCC(=O)O[C@H](C)C(=O)c1[nH]c(C)c(C(=O)OC)c1C. The molecule has 0 spiro atoms. The molecule has 1 aromatic carbocycles. The molecule has 0 radical (unpaired) electrons. The van der Waals surface area contributed by atoms with Gasteiger partial charge in [-0.25, -0.2) is 4.79 Å². The quantitative estimate of drug-likeness (QED) is 0.510. The Bertz CT molecular complexity index is 899. The van der Waals surface area contributed by atoms with Crippen LogP contribution in [0.4, 0.5) is 0 Å². The Balaban J connectivity index is 2.01. The number of aromatic nitrogens is 1. The van der Waals surface area contributed by atoms with Crippen LogP contribution in [0.3, 0.4) is 0 Å². The van der Waals surface area contributed by atoms with Crippen molar-refractivity contribution in [3.8, 4) is 5.75 Å². The summed E-state index contributed by atoms with van der Waals surface area (Å²) < 4.78 is 15.6. The Kier molecular flexibility index (Phi) is 7.59. The molecule has 1 atom stereocenters. The number of para-hydroxylation sites is 1. The van der Waals surface area contributed by atoms with Crippen LogP contribution in [0.15, 0.2) is 24.3 Å². The first-order chi connectivity index (χ1) is 13.8. The van der Waals surface area contributed by atoms with Crippen molar-refractivity contribution in [1.82, 2.24) is 4.98 Å². The molecule has 2 rings (SSSR count). The standard InChI is InChI=1S/C22H27NO6/c1-6-28-17-10-8-7-9-16(17)11-12-18(24)29-15(4)21(25)20-13(2)19(14(3)23-20)22(26)27-5/h7-10,15,23H,6,11-12H2,1-5H3/t15-/m1/s1. The van der Waals surface area contributed by atoms with Gasteiger partial charge in [0.15, 0.2) is 6.10 Å². The van der Waals surface area contributed by atoms with Gasteiger partial charge in [-0.1, -0.05) is 18.2 Å². The number of rotatable bonds is 9. The molecular formula is C22H27NO6. The molecule has 1 aromatic heterocycles. The molecule has 0 fully saturated rings. The zero-order valence-electron chi connectivity index (χ0n) is 17.5. The van der Waals surface area contributed by atoms with Gasteiger partial charge in [-0.2, -0.15) is 0 Å². The highest BCUT2D eigenvalue weighted by molar-refractivity contribution is 6.03. The van der Waals surface area contributed by atoms with Gasteiger partial charge in [0.2, 0.25) is 5.78 Å². The molecule has 1 N–H and O–H groups in total. The van der Waals surface area contributed by atoms with Crippen LogP contribution in [0.25, 0.3) is 0 Å².